The standard InChI is InChI=1S/C15H15ClN2O2/c16-14-7-6-13(8-12(14)9-17)18-15(19)20-10-11-4-2-1-3-5-11/h1-5,13H,6-8,10H2,(H,18,19). The lowest BCUT2D eigenvalue weighted by atomic mass is 9.95. The van der Waals surface area contributed by atoms with Gasteiger partial charge in [0.15, 0.2) is 0 Å². The molecule has 0 heterocycles. The van der Waals surface area contributed by atoms with Crippen molar-refractivity contribution in [3.63, 3.8) is 0 Å². The van der Waals surface area contributed by atoms with Gasteiger partial charge in [-0.05, 0) is 18.4 Å². The van der Waals surface area contributed by atoms with Gasteiger partial charge in [0.25, 0.3) is 0 Å². The van der Waals surface area contributed by atoms with Gasteiger partial charge in [-0.1, -0.05) is 41.9 Å². The predicted molar refractivity (Wildman–Crippen MR) is 75.9 cm³/mol. The average Bonchev–Trinajstić information content (AvgIpc) is 2.48. The number of hydrogen-bond donors (Lipinski definition) is 1. The smallest absolute Gasteiger partial charge is 0.407 e. The normalized spacial score (nSPS) is 18.3. The molecule has 0 fully saturated rings. The number of allylic oxidation sites excluding steroid dienone is 1. The summed E-state index contributed by atoms with van der Waals surface area (Å²) in [4.78, 5) is 11.7. The first-order valence-corrected chi connectivity index (χ1v) is 6.81. The Balaban J connectivity index is 1.80. The Bertz CT molecular complexity index is 549. The van der Waals surface area contributed by atoms with Crippen molar-refractivity contribution < 1.29 is 9.53 Å². The van der Waals surface area contributed by atoms with E-state index in [4.69, 9.17) is 21.6 Å². The maximum Gasteiger partial charge on any atom is 0.407 e. The van der Waals surface area contributed by atoms with E-state index in [1.807, 2.05) is 30.3 Å². The van der Waals surface area contributed by atoms with Gasteiger partial charge in [-0.2, -0.15) is 5.26 Å². The fourth-order valence-electron chi connectivity index (χ4n) is 2.07. The minimum atomic E-state index is -0.464. The van der Waals surface area contributed by atoms with Crippen LogP contribution < -0.4 is 5.32 Å². The Labute approximate surface area is 123 Å². The monoisotopic (exact) mass is 290 g/mol. The second-order valence-corrected chi connectivity index (χ2v) is 5.10. The van der Waals surface area contributed by atoms with Gasteiger partial charge in [0.05, 0.1) is 6.07 Å². The first-order chi connectivity index (χ1) is 9.69. The molecule has 0 saturated heterocycles. The van der Waals surface area contributed by atoms with E-state index < -0.39 is 6.09 Å². The molecule has 0 radical (unpaired) electrons. The van der Waals surface area contributed by atoms with Gasteiger partial charge < -0.3 is 10.1 Å². The number of benzene rings is 1. The van der Waals surface area contributed by atoms with Crippen molar-refractivity contribution in [1.29, 1.82) is 5.26 Å². The highest BCUT2D eigenvalue weighted by Crippen LogP contribution is 2.27. The van der Waals surface area contributed by atoms with Gasteiger partial charge in [0.2, 0.25) is 0 Å². The van der Waals surface area contributed by atoms with Gasteiger partial charge in [-0.25, -0.2) is 4.79 Å². The molecule has 0 aromatic heterocycles. The number of nitrogens with zero attached hydrogens (tertiary/aromatic N) is 1. The molecule has 0 saturated carbocycles. The fourth-order valence-corrected chi connectivity index (χ4v) is 2.30. The molecule has 0 bridgehead atoms. The number of hydrogen-bond acceptors (Lipinski definition) is 3. The molecule has 1 aliphatic carbocycles. The molecule has 1 aromatic rings. The van der Waals surface area contributed by atoms with Crippen LogP contribution in [-0.2, 0) is 11.3 Å². The Kier molecular flexibility index (Phi) is 5.03. The van der Waals surface area contributed by atoms with E-state index in [1.54, 1.807) is 0 Å². The lowest BCUT2D eigenvalue weighted by Crippen LogP contribution is -2.36. The Morgan fingerprint density at radius 2 is 2.20 bits per heavy atom. The summed E-state index contributed by atoms with van der Waals surface area (Å²) in [6.45, 7) is 0.237. The predicted octanol–water partition coefficient (Wildman–Crippen LogP) is 3.48. The summed E-state index contributed by atoms with van der Waals surface area (Å²) in [5, 5.41) is 12.3. The van der Waals surface area contributed by atoms with Gasteiger partial charge in [-0.3, -0.25) is 0 Å². The lowest BCUT2D eigenvalue weighted by molar-refractivity contribution is 0.135. The van der Waals surface area contributed by atoms with E-state index in [-0.39, 0.29) is 12.6 Å². The highest BCUT2D eigenvalue weighted by molar-refractivity contribution is 6.30. The minimum absolute atomic E-state index is 0.0876. The molecule has 20 heavy (non-hydrogen) atoms. The molecule has 0 spiro atoms. The zero-order chi connectivity index (χ0) is 14.4. The number of halogens is 1. The largest absolute Gasteiger partial charge is 0.445 e. The van der Waals surface area contributed by atoms with Crippen LogP contribution in [0.4, 0.5) is 4.79 Å². The Hall–Kier alpha value is -1.99. The molecule has 2 rings (SSSR count). The van der Waals surface area contributed by atoms with E-state index >= 15 is 0 Å². The molecule has 1 N–H and O–H groups in total. The molecular formula is C15H15ClN2O2. The molecule has 1 aromatic carbocycles. The van der Waals surface area contributed by atoms with Crippen molar-refractivity contribution in [3.8, 4) is 6.07 Å². The van der Waals surface area contributed by atoms with E-state index in [1.165, 1.54) is 0 Å². The molecule has 5 heteroatoms. The molecule has 104 valence electrons. The second-order valence-electron chi connectivity index (χ2n) is 4.64. The Morgan fingerprint density at radius 3 is 2.90 bits per heavy atom. The summed E-state index contributed by atoms with van der Waals surface area (Å²) in [5.74, 6) is 0. The average molecular weight is 291 g/mol. The number of rotatable bonds is 3. The molecule has 1 atom stereocenters. The van der Waals surface area contributed by atoms with Gasteiger partial charge in [-0.15, -0.1) is 0 Å². The molecule has 1 amide bonds. The third kappa shape index (κ3) is 4.01. The van der Waals surface area contributed by atoms with Crippen LogP contribution in [0.2, 0.25) is 0 Å². The Morgan fingerprint density at radius 1 is 1.45 bits per heavy atom. The van der Waals surface area contributed by atoms with Crippen LogP contribution in [0.1, 0.15) is 24.8 Å². The van der Waals surface area contributed by atoms with E-state index in [2.05, 4.69) is 11.4 Å². The second kappa shape index (κ2) is 6.97. The zero-order valence-corrected chi connectivity index (χ0v) is 11.7. The lowest BCUT2D eigenvalue weighted by Gasteiger charge is -2.22. The van der Waals surface area contributed by atoms with E-state index in [0.29, 0.717) is 23.4 Å². The summed E-state index contributed by atoms with van der Waals surface area (Å²) < 4.78 is 5.14. The van der Waals surface area contributed by atoms with Crippen LogP contribution in [0.3, 0.4) is 0 Å². The number of amides is 1. The van der Waals surface area contributed by atoms with Crippen molar-refractivity contribution in [1.82, 2.24) is 5.32 Å². The molecule has 0 aliphatic heterocycles. The summed E-state index contributed by atoms with van der Waals surface area (Å²) in [6, 6.07) is 11.5. The van der Waals surface area contributed by atoms with E-state index in [0.717, 1.165) is 12.0 Å². The summed E-state index contributed by atoms with van der Waals surface area (Å²) in [6.07, 6.45) is 1.35. The summed E-state index contributed by atoms with van der Waals surface area (Å²) >= 11 is 5.94. The van der Waals surface area contributed by atoms with Crippen molar-refractivity contribution >= 4 is 17.7 Å². The number of nitrogens with one attached hydrogen (secondary N) is 1. The van der Waals surface area contributed by atoms with Crippen LogP contribution in [0.5, 0.6) is 0 Å². The number of nitriles is 1. The van der Waals surface area contributed by atoms with Crippen molar-refractivity contribution in [2.75, 3.05) is 0 Å². The molecule has 1 unspecified atom stereocenters. The SMILES string of the molecule is N#CC1=C(Cl)CCC(NC(=O)OCc2ccccc2)C1. The van der Waals surface area contributed by atoms with Gasteiger partial charge in [0, 0.05) is 23.1 Å². The number of ether oxygens (including phenoxy) is 1. The van der Waals surface area contributed by atoms with Crippen LogP contribution in [0.25, 0.3) is 0 Å². The van der Waals surface area contributed by atoms with Crippen LogP contribution >= 0.6 is 11.6 Å². The fraction of sp³-hybridized carbons (Fsp3) is 0.333. The first-order valence-electron chi connectivity index (χ1n) is 6.44. The van der Waals surface area contributed by atoms with Gasteiger partial charge >= 0.3 is 6.09 Å². The maximum atomic E-state index is 11.7. The highest BCUT2D eigenvalue weighted by Gasteiger charge is 2.22. The molecule has 4 nitrogen and oxygen atoms in total. The molecular weight excluding hydrogens is 276 g/mol. The van der Waals surface area contributed by atoms with Crippen molar-refractivity contribution in [3.05, 3.63) is 46.5 Å². The number of carbonyl (C=O) groups is 1. The zero-order valence-electron chi connectivity index (χ0n) is 10.9. The van der Waals surface area contributed by atoms with Crippen LogP contribution in [-0.4, -0.2) is 12.1 Å². The van der Waals surface area contributed by atoms with Crippen LogP contribution in [0, 0.1) is 11.3 Å². The summed E-state index contributed by atoms with van der Waals surface area (Å²) in [5.41, 5.74) is 1.48. The van der Waals surface area contributed by atoms with Crippen molar-refractivity contribution in [2.24, 2.45) is 0 Å². The number of carbonyl (C=O) groups excluding carboxylic acids is 1. The van der Waals surface area contributed by atoms with Crippen LogP contribution in [0.15, 0.2) is 40.9 Å². The maximum absolute atomic E-state index is 11.7. The first kappa shape index (κ1) is 14.4. The highest BCUT2D eigenvalue weighted by atomic mass is 35.5. The third-order valence-electron chi connectivity index (χ3n) is 3.16. The molecule has 1 aliphatic rings. The summed E-state index contributed by atoms with van der Waals surface area (Å²) in [7, 11) is 0. The minimum Gasteiger partial charge on any atom is -0.445 e. The van der Waals surface area contributed by atoms with Crippen molar-refractivity contribution in [2.45, 2.75) is 31.9 Å². The van der Waals surface area contributed by atoms with E-state index in [9.17, 15) is 4.79 Å². The van der Waals surface area contributed by atoms with Gasteiger partial charge in [0.1, 0.15) is 6.61 Å². The third-order valence-corrected chi connectivity index (χ3v) is 3.58. The quantitative estimate of drug-likeness (QED) is 0.927. The topological polar surface area (TPSA) is 62.1 Å². The number of alkyl carbamates (subject to hydrolysis) is 1.